The number of nitrogens with zero attached hydrogens (tertiary/aromatic N) is 1. The van der Waals surface area contributed by atoms with Crippen LogP contribution in [0.4, 0.5) is 5.82 Å². The highest BCUT2D eigenvalue weighted by Gasteiger charge is 2.09. The SMILES string of the molecule is CC(C)NCc1ccnc(NC(C)(C)C)c1. The number of hydrogen-bond donors (Lipinski definition) is 2. The fourth-order valence-electron chi connectivity index (χ4n) is 1.36. The van der Waals surface area contributed by atoms with Gasteiger partial charge in [-0.05, 0) is 38.5 Å². The molecule has 0 aromatic carbocycles. The van der Waals surface area contributed by atoms with Crippen molar-refractivity contribution in [2.24, 2.45) is 0 Å². The van der Waals surface area contributed by atoms with Crippen molar-refractivity contribution in [2.75, 3.05) is 5.32 Å². The molecule has 1 aromatic rings. The van der Waals surface area contributed by atoms with Crippen molar-refractivity contribution in [2.45, 2.75) is 52.7 Å². The van der Waals surface area contributed by atoms with Gasteiger partial charge in [0.15, 0.2) is 0 Å². The van der Waals surface area contributed by atoms with Crippen LogP contribution in [0.3, 0.4) is 0 Å². The minimum Gasteiger partial charge on any atom is -0.365 e. The molecule has 0 aliphatic carbocycles. The summed E-state index contributed by atoms with van der Waals surface area (Å²) >= 11 is 0. The Morgan fingerprint density at radius 1 is 1.31 bits per heavy atom. The van der Waals surface area contributed by atoms with E-state index in [-0.39, 0.29) is 5.54 Å². The topological polar surface area (TPSA) is 37.0 Å². The predicted molar refractivity (Wildman–Crippen MR) is 69.6 cm³/mol. The van der Waals surface area contributed by atoms with E-state index in [9.17, 15) is 0 Å². The largest absolute Gasteiger partial charge is 0.365 e. The molecule has 90 valence electrons. The third kappa shape index (κ3) is 5.12. The summed E-state index contributed by atoms with van der Waals surface area (Å²) in [6.07, 6.45) is 1.85. The van der Waals surface area contributed by atoms with Gasteiger partial charge in [0.2, 0.25) is 0 Å². The summed E-state index contributed by atoms with van der Waals surface area (Å²) in [4.78, 5) is 4.31. The number of hydrogen-bond acceptors (Lipinski definition) is 3. The van der Waals surface area contributed by atoms with Crippen molar-refractivity contribution < 1.29 is 0 Å². The third-order valence-corrected chi connectivity index (χ3v) is 2.04. The molecule has 0 fully saturated rings. The van der Waals surface area contributed by atoms with Gasteiger partial charge in [-0.15, -0.1) is 0 Å². The van der Waals surface area contributed by atoms with E-state index in [1.54, 1.807) is 0 Å². The van der Waals surface area contributed by atoms with Crippen LogP contribution in [0.25, 0.3) is 0 Å². The number of nitrogens with one attached hydrogen (secondary N) is 2. The van der Waals surface area contributed by atoms with E-state index >= 15 is 0 Å². The molecule has 1 rings (SSSR count). The van der Waals surface area contributed by atoms with Gasteiger partial charge < -0.3 is 10.6 Å². The molecule has 1 heterocycles. The molecule has 2 N–H and O–H groups in total. The van der Waals surface area contributed by atoms with E-state index in [4.69, 9.17) is 0 Å². The zero-order valence-corrected chi connectivity index (χ0v) is 11.0. The molecule has 16 heavy (non-hydrogen) atoms. The lowest BCUT2D eigenvalue weighted by Crippen LogP contribution is -2.27. The molecule has 3 heteroatoms. The van der Waals surface area contributed by atoms with Crippen LogP contribution < -0.4 is 10.6 Å². The van der Waals surface area contributed by atoms with Crippen LogP contribution in [-0.2, 0) is 6.54 Å². The van der Waals surface area contributed by atoms with Crippen LogP contribution in [0.15, 0.2) is 18.3 Å². The molecule has 0 saturated carbocycles. The van der Waals surface area contributed by atoms with Crippen LogP contribution in [0.2, 0.25) is 0 Å². The summed E-state index contributed by atoms with van der Waals surface area (Å²) in [5.41, 5.74) is 1.31. The standard InChI is InChI=1S/C13H23N3/c1-10(2)15-9-11-6-7-14-12(8-11)16-13(3,4)5/h6-8,10,15H,9H2,1-5H3,(H,14,16). The lowest BCUT2D eigenvalue weighted by molar-refractivity contribution is 0.588. The highest BCUT2D eigenvalue weighted by molar-refractivity contribution is 5.39. The summed E-state index contributed by atoms with van der Waals surface area (Å²) in [7, 11) is 0. The zero-order valence-electron chi connectivity index (χ0n) is 11.0. The zero-order chi connectivity index (χ0) is 12.2. The quantitative estimate of drug-likeness (QED) is 0.821. The summed E-state index contributed by atoms with van der Waals surface area (Å²) in [5, 5.41) is 6.77. The minimum absolute atomic E-state index is 0.0527. The predicted octanol–water partition coefficient (Wildman–Crippen LogP) is 2.79. The van der Waals surface area contributed by atoms with Gasteiger partial charge in [0.05, 0.1) is 0 Å². The minimum atomic E-state index is 0.0527. The van der Waals surface area contributed by atoms with E-state index in [0.29, 0.717) is 6.04 Å². The maximum absolute atomic E-state index is 4.31. The Kier molecular flexibility index (Phi) is 4.30. The Balaban J connectivity index is 2.64. The van der Waals surface area contributed by atoms with Crippen molar-refractivity contribution >= 4 is 5.82 Å². The Morgan fingerprint density at radius 2 is 2.00 bits per heavy atom. The number of anilines is 1. The maximum Gasteiger partial charge on any atom is 0.126 e. The molecule has 0 amide bonds. The fourth-order valence-corrected chi connectivity index (χ4v) is 1.36. The summed E-state index contributed by atoms with van der Waals surface area (Å²) in [6, 6.07) is 4.65. The van der Waals surface area contributed by atoms with Crippen molar-refractivity contribution in [1.82, 2.24) is 10.3 Å². The van der Waals surface area contributed by atoms with Gasteiger partial charge in [-0.25, -0.2) is 4.98 Å². The first-order valence-electron chi connectivity index (χ1n) is 5.83. The van der Waals surface area contributed by atoms with Gasteiger partial charge in [-0.2, -0.15) is 0 Å². The number of rotatable bonds is 4. The second-order valence-electron chi connectivity index (χ2n) is 5.46. The highest BCUT2D eigenvalue weighted by atomic mass is 15.0. The Labute approximate surface area is 98.7 Å². The first-order valence-corrected chi connectivity index (χ1v) is 5.83. The van der Waals surface area contributed by atoms with Crippen LogP contribution >= 0.6 is 0 Å². The smallest absolute Gasteiger partial charge is 0.126 e. The highest BCUT2D eigenvalue weighted by Crippen LogP contribution is 2.13. The molecule has 0 aliphatic heterocycles. The molecule has 0 aliphatic rings. The summed E-state index contributed by atoms with van der Waals surface area (Å²) in [6.45, 7) is 11.6. The van der Waals surface area contributed by atoms with Crippen molar-refractivity contribution in [1.29, 1.82) is 0 Å². The van der Waals surface area contributed by atoms with Crippen molar-refractivity contribution in [3.8, 4) is 0 Å². The molecular formula is C13H23N3. The second kappa shape index (κ2) is 5.30. The lowest BCUT2D eigenvalue weighted by atomic mass is 10.1. The van der Waals surface area contributed by atoms with Crippen molar-refractivity contribution in [3.63, 3.8) is 0 Å². The van der Waals surface area contributed by atoms with Crippen LogP contribution in [-0.4, -0.2) is 16.6 Å². The van der Waals surface area contributed by atoms with E-state index in [2.05, 4.69) is 56.3 Å². The molecule has 0 atom stereocenters. The van der Waals surface area contributed by atoms with E-state index in [0.717, 1.165) is 12.4 Å². The molecule has 0 saturated heterocycles. The maximum atomic E-state index is 4.31. The second-order valence-corrected chi connectivity index (χ2v) is 5.46. The van der Waals surface area contributed by atoms with Crippen molar-refractivity contribution in [3.05, 3.63) is 23.9 Å². The molecule has 3 nitrogen and oxygen atoms in total. The van der Waals surface area contributed by atoms with Gasteiger partial charge in [-0.1, -0.05) is 13.8 Å². The summed E-state index contributed by atoms with van der Waals surface area (Å²) in [5.74, 6) is 0.940. The average Bonchev–Trinajstić information content (AvgIpc) is 2.12. The van der Waals surface area contributed by atoms with Crippen LogP contribution in [0.1, 0.15) is 40.2 Å². The Hall–Kier alpha value is -1.09. The molecule has 0 radical (unpaired) electrons. The van der Waals surface area contributed by atoms with E-state index in [1.807, 2.05) is 12.3 Å². The molecule has 1 aromatic heterocycles. The first kappa shape index (κ1) is 13.0. The lowest BCUT2D eigenvalue weighted by Gasteiger charge is -2.21. The molecular weight excluding hydrogens is 198 g/mol. The van der Waals surface area contributed by atoms with Crippen LogP contribution in [0, 0.1) is 0 Å². The third-order valence-electron chi connectivity index (χ3n) is 2.04. The fraction of sp³-hybridized carbons (Fsp3) is 0.615. The Morgan fingerprint density at radius 3 is 2.56 bits per heavy atom. The van der Waals surface area contributed by atoms with E-state index < -0.39 is 0 Å². The molecule has 0 spiro atoms. The van der Waals surface area contributed by atoms with Gasteiger partial charge in [0, 0.05) is 24.3 Å². The molecule has 0 bridgehead atoms. The monoisotopic (exact) mass is 221 g/mol. The first-order chi connectivity index (χ1) is 7.37. The number of pyridine rings is 1. The van der Waals surface area contributed by atoms with Gasteiger partial charge >= 0.3 is 0 Å². The summed E-state index contributed by atoms with van der Waals surface area (Å²) < 4.78 is 0. The van der Waals surface area contributed by atoms with Crippen LogP contribution in [0.5, 0.6) is 0 Å². The van der Waals surface area contributed by atoms with Gasteiger partial charge in [0.1, 0.15) is 5.82 Å². The molecule has 0 unspecified atom stereocenters. The normalized spacial score (nSPS) is 11.9. The number of aromatic nitrogens is 1. The Bertz CT molecular complexity index is 326. The van der Waals surface area contributed by atoms with E-state index in [1.165, 1.54) is 5.56 Å². The van der Waals surface area contributed by atoms with Gasteiger partial charge in [-0.3, -0.25) is 0 Å². The average molecular weight is 221 g/mol. The van der Waals surface area contributed by atoms with Gasteiger partial charge in [0.25, 0.3) is 0 Å².